The van der Waals surface area contributed by atoms with E-state index in [0.29, 0.717) is 12.6 Å². The van der Waals surface area contributed by atoms with Gasteiger partial charge in [0.25, 0.3) is 0 Å². The largest absolute Gasteiger partial charge is 0.373 e. The van der Waals surface area contributed by atoms with Crippen molar-refractivity contribution in [3.63, 3.8) is 0 Å². The number of morpholine rings is 1. The van der Waals surface area contributed by atoms with Crippen LogP contribution < -0.4 is 0 Å². The molecule has 0 bridgehead atoms. The molecule has 5 heteroatoms. The van der Waals surface area contributed by atoms with Gasteiger partial charge in [0.15, 0.2) is 0 Å². The van der Waals surface area contributed by atoms with Crippen molar-refractivity contribution in [1.29, 1.82) is 0 Å². The maximum atomic E-state index is 6.15. The fraction of sp³-hybridized carbons (Fsp3) is 0.500. The van der Waals surface area contributed by atoms with Crippen LogP contribution in [0.2, 0.25) is 0 Å². The molecule has 2 aliphatic rings. The van der Waals surface area contributed by atoms with Crippen molar-refractivity contribution in [2.75, 3.05) is 13.2 Å². The number of hydrogen-bond acceptors (Lipinski definition) is 5. The summed E-state index contributed by atoms with van der Waals surface area (Å²) in [6.07, 6.45) is 6.32. The molecule has 1 saturated carbocycles. The lowest BCUT2D eigenvalue weighted by molar-refractivity contribution is -0.118. The second-order valence-corrected chi connectivity index (χ2v) is 7.27. The van der Waals surface area contributed by atoms with Crippen molar-refractivity contribution in [3.05, 3.63) is 52.5 Å². The Morgan fingerprint density at radius 1 is 1.30 bits per heavy atom. The molecule has 2 aromatic rings. The minimum atomic E-state index is 0.200. The van der Waals surface area contributed by atoms with Gasteiger partial charge >= 0.3 is 0 Å². The molecule has 122 valence electrons. The lowest BCUT2D eigenvalue weighted by atomic mass is 10.1. The van der Waals surface area contributed by atoms with Crippen molar-refractivity contribution in [3.8, 4) is 0 Å². The minimum absolute atomic E-state index is 0.200. The summed E-state index contributed by atoms with van der Waals surface area (Å²) in [6.45, 7) is 3.49. The number of ether oxygens (including phenoxy) is 2. The molecule has 1 aliphatic carbocycles. The van der Waals surface area contributed by atoms with Crippen LogP contribution in [0.15, 0.2) is 42.0 Å². The van der Waals surface area contributed by atoms with E-state index in [1.165, 1.54) is 4.88 Å². The molecule has 0 unspecified atom stereocenters. The predicted octanol–water partition coefficient (Wildman–Crippen LogP) is 3.09. The van der Waals surface area contributed by atoms with E-state index in [2.05, 4.69) is 33.5 Å². The van der Waals surface area contributed by atoms with Crippen LogP contribution in [0.4, 0.5) is 0 Å². The van der Waals surface area contributed by atoms with Crippen LogP contribution in [-0.2, 0) is 22.6 Å². The van der Waals surface area contributed by atoms with E-state index in [0.717, 1.165) is 38.1 Å². The summed E-state index contributed by atoms with van der Waals surface area (Å²) >= 11 is 1.84. The van der Waals surface area contributed by atoms with Gasteiger partial charge in [-0.05, 0) is 35.9 Å². The molecule has 2 fully saturated rings. The average Bonchev–Trinajstić information content (AvgIpc) is 3.24. The third-order valence-electron chi connectivity index (χ3n) is 4.78. The number of rotatable bonds is 5. The molecule has 1 aliphatic heterocycles. The van der Waals surface area contributed by atoms with Crippen molar-refractivity contribution >= 4 is 11.3 Å². The number of aromatic nitrogens is 1. The van der Waals surface area contributed by atoms with Crippen LogP contribution in [0.1, 0.15) is 23.3 Å². The first-order valence-electron chi connectivity index (χ1n) is 8.29. The highest BCUT2D eigenvalue weighted by atomic mass is 32.1. The van der Waals surface area contributed by atoms with Gasteiger partial charge in [0.1, 0.15) is 0 Å². The first-order valence-corrected chi connectivity index (χ1v) is 9.16. The first kappa shape index (κ1) is 15.3. The summed E-state index contributed by atoms with van der Waals surface area (Å²) < 4.78 is 12.2. The fourth-order valence-corrected chi connectivity index (χ4v) is 4.39. The fourth-order valence-electron chi connectivity index (χ4n) is 3.66. The van der Waals surface area contributed by atoms with Crippen molar-refractivity contribution in [1.82, 2.24) is 9.88 Å². The van der Waals surface area contributed by atoms with Crippen LogP contribution in [0.3, 0.4) is 0 Å². The molecule has 3 heterocycles. The van der Waals surface area contributed by atoms with Gasteiger partial charge in [0.2, 0.25) is 0 Å². The molecule has 0 N–H and O–H groups in total. The molecule has 3 atom stereocenters. The molecule has 23 heavy (non-hydrogen) atoms. The second-order valence-electron chi connectivity index (χ2n) is 6.24. The number of nitrogens with zero attached hydrogens (tertiary/aromatic N) is 2. The lowest BCUT2D eigenvalue weighted by Gasteiger charge is -2.38. The molecular formula is C18H22N2O2S. The SMILES string of the molecule is c1cncc(CO[C@H]2CC[C@H]3[C@H]2OCCN3Cc2cccs2)c1. The Bertz CT molecular complexity index is 605. The Kier molecular flexibility index (Phi) is 4.71. The normalized spacial score (nSPS) is 27.9. The van der Waals surface area contributed by atoms with E-state index in [1.54, 1.807) is 6.20 Å². The Morgan fingerprint density at radius 2 is 2.30 bits per heavy atom. The summed E-state index contributed by atoms with van der Waals surface area (Å²) in [6, 6.07) is 8.86. The van der Waals surface area contributed by atoms with Gasteiger partial charge in [-0.3, -0.25) is 9.88 Å². The first-order chi connectivity index (χ1) is 11.4. The van der Waals surface area contributed by atoms with Crippen LogP contribution in [0, 0.1) is 0 Å². The van der Waals surface area contributed by atoms with Gasteiger partial charge in [-0.1, -0.05) is 12.1 Å². The third kappa shape index (κ3) is 3.48. The van der Waals surface area contributed by atoms with E-state index < -0.39 is 0 Å². The Balaban J connectivity index is 1.37. The highest BCUT2D eigenvalue weighted by molar-refractivity contribution is 7.09. The zero-order valence-electron chi connectivity index (χ0n) is 13.1. The molecule has 0 amide bonds. The standard InChI is InChI=1S/C18H22N2O2S/c1-3-14(11-19-7-1)13-22-17-6-5-16-18(17)21-9-8-20(16)12-15-4-2-10-23-15/h1-4,7,10-11,16-18H,5-6,8-9,12-13H2/t16-,17-,18+/m0/s1. The minimum Gasteiger partial charge on any atom is -0.373 e. The maximum Gasteiger partial charge on any atom is 0.0992 e. The summed E-state index contributed by atoms with van der Waals surface area (Å²) in [4.78, 5) is 8.16. The van der Waals surface area contributed by atoms with E-state index in [1.807, 2.05) is 23.6 Å². The molecular weight excluding hydrogens is 308 g/mol. The summed E-state index contributed by atoms with van der Waals surface area (Å²) in [5, 5.41) is 2.15. The van der Waals surface area contributed by atoms with E-state index in [4.69, 9.17) is 9.47 Å². The van der Waals surface area contributed by atoms with E-state index in [-0.39, 0.29) is 12.2 Å². The van der Waals surface area contributed by atoms with Crippen molar-refractivity contribution < 1.29 is 9.47 Å². The highest BCUT2D eigenvalue weighted by Crippen LogP contribution is 2.33. The Hall–Kier alpha value is -1.27. The van der Waals surface area contributed by atoms with Crippen molar-refractivity contribution in [2.24, 2.45) is 0 Å². The molecule has 2 aromatic heterocycles. The van der Waals surface area contributed by atoms with Gasteiger partial charge in [-0.25, -0.2) is 0 Å². The van der Waals surface area contributed by atoms with Gasteiger partial charge in [0.05, 0.1) is 25.4 Å². The summed E-state index contributed by atoms with van der Waals surface area (Å²) in [5.41, 5.74) is 1.13. The van der Waals surface area contributed by atoms with Crippen LogP contribution >= 0.6 is 11.3 Å². The summed E-state index contributed by atoms with van der Waals surface area (Å²) in [7, 11) is 0. The smallest absolute Gasteiger partial charge is 0.0992 e. The molecule has 0 radical (unpaired) electrons. The number of fused-ring (bicyclic) bond motifs is 1. The number of thiophene rings is 1. The molecule has 0 spiro atoms. The van der Waals surface area contributed by atoms with E-state index >= 15 is 0 Å². The van der Waals surface area contributed by atoms with Gasteiger partial charge in [-0.15, -0.1) is 11.3 Å². The quantitative estimate of drug-likeness (QED) is 0.844. The monoisotopic (exact) mass is 330 g/mol. The number of hydrogen-bond donors (Lipinski definition) is 0. The molecule has 4 rings (SSSR count). The average molecular weight is 330 g/mol. The molecule has 0 aromatic carbocycles. The second kappa shape index (κ2) is 7.09. The zero-order valence-corrected chi connectivity index (χ0v) is 14.0. The lowest BCUT2D eigenvalue weighted by Crippen LogP contribution is -2.51. The van der Waals surface area contributed by atoms with Crippen LogP contribution in [0.5, 0.6) is 0 Å². The van der Waals surface area contributed by atoms with Crippen LogP contribution in [0.25, 0.3) is 0 Å². The number of pyridine rings is 1. The molecule has 4 nitrogen and oxygen atoms in total. The van der Waals surface area contributed by atoms with Crippen LogP contribution in [-0.4, -0.2) is 41.3 Å². The highest BCUT2D eigenvalue weighted by Gasteiger charge is 2.43. The Morgan fingerprint density at radius 3 is 3.13 bits per heavy atom. The van der Waals surface area contributed by atoms with Gasteiger partial charge in [0, 0.05) is 36.4 Å². The predicted molar refractivity (Wildman–Crippen MR) is 90.3 cm³/mol. The van der Waals surface area contributed by atoms with E-state index in [9.17, 15) is 0 Å². The maximum absolute atomic E-state index is 6.15. The Labute approximate surface area is 141 Å². The molecule has 1 saturated heterocycles. The third-order valence-corrected chi connectivity index (χ3v) is 5.64. The topological polar surface area (TPSA) is 34.6 Å². The summed E-state index contributed by atoms with van der Waals surface area (Å²) in [5.74, 6) is 0. The zero-order chi connectivity index (χ0) is 15.5. The van der Waals surface area contributed by atoms with Gasteiger partial charge in [-0.2, -0.15) is 0 Å². The van der Waals surface area contributed by atoms with Gasteiger partial charge < -0.3 is 9.47 Å². The van der Waals surface area contributed by atoms with Crippen molar-refractivity contribution in [2.45, 2.75) is 44.2 Å².